The summed E-state index contributed by atoms with van der Waals surface area (Å²) in [6.45, 7) is 4.73. The molecular formula is C20H31IN4O2. The monoisotopic (exact) mass is 486 g/mol. The number of aliphatic imine (C=N–C) groups is 1. The number of ether oxygens (including phenoxy) is 1. The molecule has 0 radical (unpaired) electrons. The van der Waals surface area contributed by atoms with Crippen LogP contribution in [-0.4, -0.2) is 43.2 Å². The summed E-state index contributed by atoms with van der Waals surface area (Å²) >= 11 is 0. The Bertz CT molecular complexity index is 650. The smallest absolute Gasteiger partial charge is 0.251 e. The third-order valence-electron chi connectivity index (χ3n) is 5.32. The zero-order valence-electron chi connectivity index (χ0n) is 16.3. The first-order valence-electron chi connectivity index (χ1n) is 9.61. The molecule has 3 rings (SSSR count). The second kappa shape index (κ2) is 10.3. The van der Waals surface area contributed by atoms with Gasteiger partial charge in [0.25, 0.3) is 5.91 Å². The van der Waals surface area contributed by atoms with Crippen LogP contribution in [0.3, 0.4) is 0 Å². The van der Waals surface area contributed by atoms with Crippen molar-refractivity contribution in [1.82, 2.24) is 16.0 Å². The Balaban J connectivity index is 0.00000261. The molecule has 2 heterocycles. The highest BCUT2D eigenvalue weighted by atomic mass is 127. The maximum atomic E-state index is 12.1. The molecule has 1 aromatic rings. The van der Waals surface area contributed by atoms with E-state index in [2.05, 4.69) is 27.9 Å². The van der Waals surface area contributed by atoms with E-state index in [4.69, 9.17) is 4.74 Å². The number of fused-ring (bicyclic) bond motifs is 2. The SMILES string of the molecule is CCC(C)NC(=O)c1ccc(CNC(=NC)NC2CC3CCC2O3)cc1.I. The molecule has 3 N–H and O–H groups in total. The van der Waals surface area contributed by atoms with Gasteiger partial charge in [-0.3, -0.25) is 9.79 Å². The Morgan fingerprint density at radius 2 is 2.04 bits per heavy atom. The minimum Gasteiger partial charge on any atom is -0.373 e. The van der Waals surface area contributed by atoms with Gasteiger partial charge in [0.05, 0.1) is 18.2 Å². The Labute approximate surface area is 178 Å². The summed E-state index contributed by atoms with van der Waals surface area (Å²) in [5.74, 6) is 0.775. The zero-order valence-corrected chi connectivity index (χ0v) is 18.7. The van der Waals surface area contributed by atoms with E-state index in [1.165, 1.54) is 6.42 Å². The quantitative estimate of drug-likeness (QED) is 0.329. The Hall–Kier alpha value is -1.35. The standard InChI is InChI=1S/C20H30N4O2.HI/c1-4-13(2)23-19(25)15-7-5-14(6-8-15)12-22-20(21-3)24-17-11-16-9-10-18(17)26-16;/h5-8,13,16-18H,4,9-12H2,1-3H3,(H,23,25)(H2,21,22,24);1H. The largest absolute Gasteiger partial charge is 0.373 e. The lowest BCUT2D eigenvalue weighted by atomic mass is 9.96. The van der Waals surface area contributed by atoms with Crippen LogP contribution < -0.4 is 16.0 Å². The minimum atomic E-state index is -0.0207. The van der Waals surface area contributed by atoms with E-state index in [1.54, 1.807) is 7.05 Å². The van der Waals surface area contributed by atoms with E-state index < -0.39 is 0 Å². The lowest BCUT2D eigenvalue weighted by molar-refractivity contribution is 0.0939. The Morgan fingerprint density at radius 1 is 1.30 bits per heavy atom. The highest BCUT2D eigenvalue weighted by Crippen LogP contribution is 2.34. The van der Waals surface area contributed by atoms with Crippen LogP contribution in [-0.2, 0) is 11.3 Å². The van der Waals surface area contributed by atoms with Crippen molar-refractivity contribution in [3.8, 4) is 0 Å². The number of rotatable bonds is 6. The lowest BCUT2D eigenvalue weighted by Gasteiger charge is -2.22. The second-order valence-corrected chi connectivity index (χ2v) is 7.27. The average Bonchev–Trinajstić information content (AvgIpc) is 3.28. The highest BCUT2D eigenvalue weighted by Gasteiger charge is 2.41. The maximum absolute atomic E-state index is 12.1. The molecule has 2 bridgehead atoms. The van der Waals surface area contributed by atoms with Crippen LogP contribution in [0.25, 0.3) is 0 Å². The van der Waals surface area contributed by atoms with Crippen LogP contribution in [0.4, 0.5) is 0 Å². The van der Waals surface area contributed by atoms with Gasteiger partial charge in [-0.25, -0.2) is 0 Å². The van der Waals surface area contributed by atoms with Crippen LogP contribution in [0.1, 0.15) is 55.5 Å². The van der Waals surface area contributed by atoms with Gasteiger partial charge in [0.1, 0.15) is 0 Å². The number of benzene rings is 1. The first-order chi connectivity index (χ1) is 12.6. The first-order valence-corrected chi connectivity index (χ1v) is 9.61. The van der Waals surface area contributed by atoms with E-state index in [0.717, 1.165) is 30.8 Å². The molecule has 1 aromatic carbocycles. The van der Waals surface area contributed by atoms with E-state index >= 15 is 0 Å². The molecule has 6 nitrogen and oxygen atoms in total. The number of guanidine groups is 1. The molecule has 2 saturated heterocycles. The number of carbonyl (C=O) groups excluding carboxylic acids is 1. The van der Waals surface area contributed by atoms with Crippen LogP contribution >= 0.6 is 24.0 Å². The number of halogens is 1. The van der Waals surface area contributed by atoms with E-state index in [9.17, 15) is 4.79 Å². The zero-order chi connectivity index (χ0) is 18.5. The van der Waals surface area contributed by atoms with E-state index in [1.807, 2.05) is 31.2 Å². The molecule has 4 atom stereocenters. The van der Waals surface area contributed by atoms with Gasteiger partial charge < -0.3 is 20.7 Å². The van der Waals surface area contributed by atoms with Crippen molar-refractivity contribution in [2.24, 2.45) is 4.99 Å². The Morgan fingerprint density at radius 3 is 2.59 bits per heavy atom. The average molecular weight is 486 g/mol. The number of nitrogens with one attached hydrogen (secondary N) is 3. The molecule has 7 heteroatoms. The van der Waals surface area contributed by atoms with Crippen LogP contribution in [0.15, 0.2) is 29.3 Å². The van der Waals surface area contributed by atoms with Gasteiger partial charge in [0.15, 0.2) is 5.96 Å². The molecule has 2 aliphatic rings. The van der Waals surface area contributed by atoms with Crippen LogP contribution in [0.2, 0.25) is 0 Å². The fourth-order valence-electron chi connectivity index (χ4n) is 3.53. The molecule has 150 valence electrons. The van der Waals surface area contributed by atoms with Gasteiger partial charge in [-0.2, -0.15) is 0 Å². The third-order valence-corrected chi connectivity index (χ3v) is 5.32. The van der Waals surface area contributed by atoms with Gasteiger partial charge in [0.2, 0.25) is 0 Å². The predicted octanol–water partition coefficient (Wildman–Crippen LogP) is 2.82. The summed E-state index contributed by atoms with van der Waals surface area (Å²) in [5.41, 5.74) is 1.80. The topological polar surface area (TPSA) is 74.8 Å². The molecule has 0 saturated carbocycles. The van der Waals surface area contributed by atoms with Gasteiger partial charge in [-0.15, -0.1) is 24.0 Å². The summed E-state index contributed by atoms with van der Waals surface area (Å²) < 4.78 is 5.88. The number of hydrogen-bond donors (Lipinski definition) is 3. The van der Waals surface area contributed by atoms with Crippen LogP contribution in [0, 0.1) is 0 Å². The molecule has 0 spiro atoms. The normalized spacial score (nSPS) is 24.9. The molecule has 4 unspecified atom stereocenters. The second-order valence-electron chi connectivity index (χ2n) is 7.27. The van der Waals surface area contributed by atoms with Crippen molar-refractivity contribution in [2.75, 3.05) is 7.05 Å². The highest BCUT2D eigenvalue weighted by molar-refractivity contribution is 14.0. The van der Waals surface area contributed by atoms with Crippen molar-refractivity contribution >= 4 is 35.8 Å². The van der Waals surface area contributed by atoms with E-state index in [-0.39, 0.29) is 35.9 Å². The third kappa shape index (κ3) is 5.81. The van der Waals surface area contributed by atoms with E-state index in [0.29, 0.717) is 30.4 Å². The molecule has 1 amide bonds. The minimum absolute atomic E-state index is 0. The molecule has 0 aliphatic carbocycles. The van der Waals surface area contributed by atoms with Crippen molar-refractivity contribution in [1.29, 1.82) is 0 Å². The molecule has 2 aliphatic heterocycles. The van der Waals surface area contributed by atoms with Crippen molar-refractivity contribution in [3.05, 3.63) is 35.4 Å². The predicted molar refractivity (Wildman–Crippen MR) is 119 cm³/mol. The van der Waals surface area contributed by atoms with Crippen LogP contribution in [0.5, 0.6) is 0 Å². The maximum Gasteiger partial charge on any atom is 0.251 e. The van der Waals surface area contributed by atoms with Gasteiger partial charge in [0, 0.05) is 25.2 Å². The first kappa shape index (κ1) is 21.9. The Kier molecular flexibility index (Phi) is 8.34. The lowest BCUT2D eigenvalue weighted by Crippen LogP contribution is -2.47. The number of carbonyl (C=O) groups is 1. The summed E-state index contributed by atoms with van der Waals surface area (Å²) in [7, 11) is 1.78. The molecular weight excluding hydrogens is 455 g/mol. The van der Waals surface area contributed by atoms with Crippen molar-refractivity contribution < 1.29 is 9.53 Å². The van der Waals surface area contributed by atoms with Crippen molar-refractivity contribution in [3.63, 3.8) is 0 Å². The van der Waals surface area contributed by atoms with Gasteiger partial charge >= 0.3 is 0 Å². The number of amides is 1. The van der Waals surface area contributed by atoms with Crippen molar-refractivity contribution in [2.45, 2.75) is 70.4 Å². The molecule has 2 fully saturated rings. The summed E-state index contributed by atoms with van der Waals surface area (Å²) in [5, 5.41) is 9.80. The summed E-state index contributed by atoms with van der Waals surface area (Å²) in [6.07, 6.45) is 5.05. The van der Waals surface area contributed by atoms with Gasteiger partial charge in [-0.05, 0) is 50.3 Å². The molecule has 0 aromatic heterocycles. The number of nitrogens with zero attached hydrogens (tertiary/aromatic N) is 1. The fraction of sp³-hybridized carbons (Fsp3) is 0.600. The number of hydrogen-bond acceptors (Lipinski definition) is 3. The fourth-order valence-corrected chi connectivity index (χ4v) is 3.53. The van der Waals surface area contributed by atoms with Gasteiger partial charge in [-0.1, -0.05) is 19.1 Å². The molecule has 27 heavy (non-hydrogen) atoms. The summed E-state index contributed by atoms with van der Waals surface area (Å²) in [6, 6.07) is 8.24. The summed E-state index contributed by atoms with van der Waals surface area (Å²) in [4.78, 5) is 16.4.